The van der Waals surface area contributed by atoms with Crippen LogP contribution >= 0.6 is 0 Å². The molecule has 2 rings (SSSR count). The van der Waals surface area contributed by atoms with E-state index in [4.69, 9.17) is 0 Å². The molecule has 0 spiro atoms. The standard InChI is InChI=1S/C24H35N3/c1-9-12-18(6)27-23(19(7)17(5)10-2)20(8)25-24(26-27)22-15-16(4)13-14-21(22)11-3/h11,13-15,17,24-26H,3,6,8-10,12H2,1-2,4-5,7H3/b23-19-. The number of rotatable bonds is 7. The fraction of sp³-hybridized carbons (Fsp3) is 0.417. The highest BCUT2D eigenvalue weighted by molar-refractivity contribution is 5.54. The fourth-order valence-electron chi connectivity index (χ4n) is 3.48. The number of allylic oxidation sites excluding steroid dienone is 2. The molecular weight excluding hydrogens is 330 g/mol. The third-order valence-corrected chi connectivity index (χ3v) is 5.44. The minimum atomic E-state index is -0.0764. The Hall–Kier alpha value is -2.26. The first-order chi connectivity index (χ1) is 12.8. The van der Waals surface area contributed by atoms with Crippen molar-refractivity contribution in [1.82, 2.24) is 15.8 Å². The van der Waals surface area contributed by atoms with Gasteiger partial charge in [-0.05, 0) is 49.3 Å². The van der Waals surface area contributed by atoms with Crippen LogP contribution in [-0.4, -0.2) is 5.01 Å². The highest BCUT2D eigenvalue weighted by Crippen LogP contribution is 2.33. The zero-order chi connectivity index (χ0) is 20.1. The van der Waals surface area contributed by atoms with Crippen LogP contribution in [0.25, 0.3) is 6.08 Å². The summed E-state index contributed by atoms with van der Waals surface area (Å²) in [6.07, 6.45) is 4.92. The molecule has 0 aromatic heterocycles. The first kappa shape index (κ1) is 21.0. The zero-order valence-corrected chi connectivity index (χ0v) is 17.7. The van der Waals surface area contributed by atoms with Crippen molar-refractivity contribution in [2.24, 2.45) is 5.92 Å². The number of nitrogens with one attached hydrogen (secondary N) is 2. The molecule has 1 aliphatic rings. The molecule has 0 saturated carbocycles. The Kier molecular flexibility index (Phi) is 7.09. The summed E-state index contributed by atoms with van der Waals surface area (Å²) in [6, 6.07) is 6.43. The number of aryl methyl sites for hydroxylation is 1. The minimum absolute atomic E-state index is 0.0764. The van der Waals surface area contributed by atoms with Crippen LogP contribution in [0.1, 0.15) is 69.8 Å². The highest BCUT2D eigenvalue weighted by atomic mass is 15.6. The van der Waals surface area contributed by atoms with Gasteiger partial charge >= 0.3 is 0 Å². The Morgan fingerprint density at radius 3 is 2.63 bits per heavy atom. The summed E-state index contributed by atoms with van der Waals surface area (Å²) < 4.78 is 0. The van der Waals surface area contributed by atoms with Crippen LogP contribution in [0.5, 0.6) is 0 Å². The molecule has 27 heavy (non-hydrogen) atoms. The van der Waals surface area contributed by atoms with Crippen LogP contribution in [0.15, 0.2) is 60.6 Å². The maximum Gasteiger partial charge on any atom is 0.121 e. The van der Waals surface area contributed by atoms with E-state index in [-0.39, 0.29) is 6.17 Å². The van der Waals surface area contributed by atoms with Crippen LogP contribution in [-0.2, 0) is 0 Å². The quantitative estimate of drug-likeness (QED) is 0.603. The number of hydrogen-bond acceptors (Lipinski definition) is 3. The van der Waals surface area contributed by atoms with Crippen molar-refractivity contribution in [3.63, 3.8) is 0 Å². The van der Waals surface area contributed by atoms with E-state index in [2.05, 4.69) is 88.3 Å². The SMILES string of the molecule is C=Cc1ccc(C)cc1C1NC(=C)/C(=C(\C)C(C)CC)N(C(=C)CCC)N1. The molecule has 3 nitrogen and oxygen atoms in total. The molecule has 2 N–H and O–H groups in total. The highest BCUT2D eigenvalue weighted by Gasteiger charge is 2.30. The van der Waals surface area contributed by atoms with Crippen molar-refractivity contribution in [3.8, 4) is 0 Å². The van der Waals surface area contributed by atoms with Crippen molar-refractivity contribution in [1.29, 1.82) is 0 Å². The molecule has 2 unspecified atom stereocenters. The molecule has 1 fully saturated rings. The first-order valence-electron chi connectivity index (χ1n) is 9.97. The van der Waals surface area contributed by atoms with E-state index in [0.29, 0.717) is 5.92 Å². The third-order valence-electron chi connectivity index (χ3n) is 5.44. The molecule has 0 bridgehead atoms. The van der Waals surface area contributed by atoms with Crippen LogP contribution in [0.3, 0.4) is 0 Å². The van der Waals surface area contributed by atoms with Gasteiger partial charge in [0.05, 0.1) is 11.4 Å². The van der Waals surface area contributed by atoms with Gasteiger partial charge in [0.2, 0.25) is 0 Å². The lowest BCUT2D eigenvalue weighted by molar-refractivity contribution is 0.204. The van der Waals surface area contributed by atoms with E-state index < -0.39 is 0 Å². The van der Waals surface area contributed by atoms with E-state index in [9.17, 15) is 0 Å². The van der Waals surface area contributed by atoms with Gasteiger partial charge in [0.25, 0.3) is 0 Å². The summed E-state index contributed by atoms with van der Waals surface area (Å²) in [7, 11) is 0. The van der Waals surface area contributed by atoms with Gasteiger partial charge in [-0.25, -0.2) is 5.43 Å². The molecule has 1 saturated heterocycles. The van der Waals surface area contributed by atoms with E-state index in [1.165, 1.54) is 16.7 Å². The molecule has 1 aromatic rings. The van der Waals surface area contributed by atoms with Crippen molar-refractivity contribution >= 4 is 6.08 Å². The lowest BCUT2D eigenvalue weighted by Gasteiger charge is -2.42. The predicted octanol–water partition coefficient (Wildman–Crippen LogP) is 6.19. The van der Waals surface area contributed by atoms with Crippen molar-refractivity contribution in [3.05, 3.63) is 77.3 Å². The number of hydrogen-bond donors (Lipinski definition) is 2. The van der Waals surface area contributed by atoms with Crippen LogP contribution < -0.4 is 10.7 Å². The smallest absolute Gasteiger partial charge is 0.121 e. The molecule has 1 aromatic carbocycles. The van der Waals surface area contributed by atoms with Crippen LogP contribution in [0.2, 0.25) is 0 Å². The fourth-order valence-corrected chi connectivity index (χ4v) is 3.48. The predicted molar refractivity (Wildman–Crippen MR) is 117 cm³/mol. The van der Waals surface area contributed by atoms with Gasteiger partial charge in [-0.1, -0.05) is 76.8 Å². The minimum Gasteiger partial charge on any atom is -0.363 e. The van der Waals surface area contributed by atoms with Gasteiger partial charge in [-0.2, -0.15) is 0 Å². The molecule has 1 aliphatic heterocycles. The lowest BCUT2D eigenvalue weighted by Crippen LogP contribution is -2.51. The summed E-state index contributed by atoms with van der Waals surface area (Å²) in [5, 5.41) is 5.73. The summed E-state index contributed by atoms with van der Waals surface area (Å²) >= 11 is 0. The topological polar surface area (TPSA) is 27.3 Å². The summed E-state index contributed by atoms with van der Waals surface area (Å²) in [6.45, 7) is 23.7. The number of nitrogens with zero attached hydrogens (tertiary/aromatic N) is 1. The molecule has 146 valence electrons. The molecule has 0 aliphatic carbocycles. The summed E-state index contributed by atoms with van der Waals surface area (Å²) in [4.78, 5) is 0. The number of hydrazine groups is 1. The largest absolute Gasteiger partial charge is 0.363 e. The second kappa shape index (κ2) is 9.09. The monoisotopic (exact) mass is 365 g/mol. The Morgan fingerprint density at radius 1 is 1.33 bits per heavy atom. The zero-order valence-electron chi connectivity index (χ0n) is 17.7. The summed E-state index contributed by atoms with van der Waals surface area (Å²) in [5.41, 5.74) is 11.6. The summed E-state index contributed by atoms with van der Waals surface area (Å²) in [5.74, 6) is 0.483. The van der Waals surface area contributed by atoms with E-state index in [1.807, 2.05) is 6.08 Å². The molecule has 0 radical (unpaired) electrons. The first-order valence-corrected chi connectivity index (χ1v) is 9.97. The van der Waals surface area contributed by atoms with Gasteiger partial charge in [0, 0.05) is 5.70 Å². The van der Waals surface area contributed by atoms with Crippen LogP contribution in [0.4, 0.5) is 0 Å². The van der Waals surface area contributed by atoms with Gasteiger partial charge in [-0.15, -0.1) is 0 Å². The van der Waals surface area contributed by atoms with Gasteiger partial charge in [0.15, 0.2) is 0 Å². The molecule has 3 heteroatoms. The maximum atomic E-state index is 4.36. The number of benzene rings is 1. The average molecular weight is 366 g/mol. The van der Waals surface area contributed by atoms with E-state index >= 15 is 0 Å². The molecule has 0 amide bonds. The van der Waals surface area contributed by atoms with Crippen molar-refractivity contribution < 1.29 is 0 Å². The maximum absolute atomic E-state index is 4.36. The van der Waals surface area contributed by atoms with E-state index in [0.717, 1.165) is 41.9 Å². The molecule has 2 atom stereocenters. The second-order valence-corrected chi connectivity index (χ2v) is 7.51. The molecule has 1 heterocycles. The van der Waals surface area contributed by atoms with Gasteiger partial charge in [0.1, 0.15) is 6.17 Å². The lowest BCUT2D eigenvalue weighted by atomic mass is 9.95. The van der Waals surface area contributed by atoms with Crippen LogP contribution in [0, 0.1) is 12.8 Å². The van der Waals surface area contributed by atoms with Crippen molar-refractivity contribution in [2.45, 2.75) is 60.0 Å². The third kappa shape index (κ3) is 4.54. The van der Waals surface area contributed by atoms with E-state index in [1.54, 1.807) is 0 Å². The average Bonchev–Trinajstić information content (AvgIpc) is 2.66. The van der Waals surface area contributed by atoms with Gasteiger partial charge in [-0.3, -0.25) is 5.01 Å². The Labute approximate surface area is 165 Å². The second-order valence-electron chi connectivity index (χ2n) is 7.51. The Bertz CT molecular complexity index is 757. The Morgan fingerprint density at radius 2 is 2.04 bits per heavy atom. The molecular formula is C24H35N3. The van der Waals surface area contributed by atoms with Gasteiger partial charge < -0.3 is 5.32 Å². The van der Waals surface area contributed by atoms with Crippen molar-refractivity contribution in [2.75, 3.05) is 0 Å². The normalized spacial score (nSPS) is 20.1. The Balaban J connectivity index is 2.50.